The van der Waals surface area contributed by atoms with Crippen LogP contribution in [0.4, 0.5) is 10.1 Å². The van der Waals surface area contributed by atoms with E-state index in [1.54, 1.807) is 25.1 Å². The molecule has 0 bridgehead atoms. The van der Waals surface area contributed by atoms with Gasteiger partial charge in [0.05, 0.1) is 10.6 Å². The fourth-order valence-electron chi connectivity index (χ4n) is 4.71. The zero-order valence-corrected chi connectivity index (χ0v) is 26.5. The first kappa shape index (κ1) is 33.0. The van der Waals surface area contributed by atoms with Crippen LogP contribution in [0.2, 0.25) is 10.0 Å². The van der Waals surface area contributed by atoms with Crippen molar-refractivity contribution in [3.8, 4) is 0 Å². The van der Waals surface area contributed by atoms with Crippen molar-refractivity contribution in [2.75, 3.05) is 17.4 Å². The summed E-state index contributed by atoms with van der Waals surface area (Å²) >= 11 is 12.5. The number of anilines is 1. The predicted molar refractivity (Wildman–Crippen MR) is 172 cm³/mol. The molecule has 0 aromatic heterocycles. The summed E-state index contributed by atoms with van der Waals surface area (Å²) in [5, 5.41) is 3.10. The fraction of sp³-hybridized carbons (Fsp3) is 0.212. The number of nitrogens with zero attached hydrogens (tertiary/aromatic N) is 2. The molecule has 44 heavy (non-hydrogen) atoms. The van der Waals surface area contributed by atoms with E-state index in [2.05, 4.69) is 5.32 Å². The first-order valence-electron chi connectivity index (χ1n) is 13.9. The summed E-state index contributed by atoms with van der Waals surface area (Å²) < 4.78 is 44.0. The summed E-state index contributed by atoms with van der Waals surface area (Å²) in [6.45, 7) is 2.87. The second-order valence-electron chi connectivity index (χ2n) is 10.2. The minimum atomic E-state index is -4.34. The molecule has 0 radical (unpaired) electrons. The molecule has 0 unspecified atom stereocenters. The Bertz CT molecular complexity index is 1700. The minimum absolute atomic E-state index is 0.0554. The molecule has 4 aromatic rings. The molecule has 7 nitrogen and oxygen atoms in total. The van der Waals surface area contributed by atoms with E-state index in [1.165, 1.54) is 53.4 Å². The molecule has 230 valence electrons. The van der Waals surface area contributed by atoms with E-state index in [1.807, 2.05) is 37.3 Å². The molecule has 4 aromatic carbocycles. The van der Waals surface area contributed by atoms with Crippen LogP contribution < -0.4 is 9.62 Å². The highest BCUT2D eigenvalue weighted by molar-refractivity contribution is 7.92. The third-order valence-corrected chi connectivity index (χ3v) is 9.17. The fourth-order valence-corrected chi connectivity index (χ4v) is 6.62. The number of halogens is 3. The molecule has 0 heterocycles. The normalized spacial score (nSPS) is 11.9. The van der Waals surface area contributed by atoms with Gasteiger partial charge in [-0.1, -0.05) is 89.4 Å². The van der Waals surface area contributed by atoms with Crippen molar-refractivity contribution in [3.05, 3.63) is 130 Å². The quantitative estimate of drug-likeness (QED) is 0.191. The minimum Gasteiger partial charge on any atom is -0.355 e. The summed E-state index contributed by atoms with van der Waals surface area (Å²) in [5.41, 5.74) is 1.84. The van der Waals surface area contributed by atoms with Crippen molar-refractivity contribution in [3.63, 3.8) is 0 Å². The average Bonchev–Trinajstić information content (AvgIpc) is 2.98. The lowest BCUT2D eigenvalue weighted by Crippen LogP contribution is -2.53. The van der Waals surface area contributed by atoms with E-state index in [9.17, 15) is 22.4 Å². The second-order valence-corrected chi connectivity index (χ2v) is 12.9. The molecule has 11 heteroatoms. The number of nitrogens with one attached hydrogen (secondary N) is 1. The van der Waals surface area contributed by atoms with Crippen molar-refractivity contribution in [2.24, 2.45) is 0 Å². The van der Waals surface area contributed by atoms with Crippen LogP contribution in [-0.2, 0) is 32.6 Å². The predicted octanol–water partition coefficient (Wildman–Crippen LogP) is 6.41. The van der Waals surface area contributed by atoms with Gasteiger partial charge in [-0.2, -0.15) is 0 Å². The van der Waals surface area contributed by atoms with Crippen molar-refractivity contribution in [1.82, 2.24) is 10.2 Å². The van der Waals surface area contributed by atoms with Crippen LogP contribution in [0.25, 0.3) is 0 Å². The number of hydrogen-bond acceptors (Lipinski definition) is 4. The number of aryl methyl sites for hydroxylation is 1. The van der Waals surface area contributed by atoms with Crippen molar-refractivity contribution in [1.29, 1.82) is 0 Å². The molecule has 1 atom stereocenters. The summed E-state index contributed by atoms with van der Waals surface area (Å²) in [7, 11) is -4.34. The number of amides is 2. The van der Waals surface area contributed by atoms with E-state index in [0.29, 0.717) is 6.54 Å². The number of hydrogen-bond donors (Lipinski definition) is 1. The Kier molecular flexibility index (Phi) is 11.0. The van der Waals surface area contributed by atoms with E-state index < -0.39 is 40.2 Å². The Morgan fingerprint density at radius 2 is 1.50 bits per heavy atom. The Morgan fingerprint density at radius 3 is 2.11 bits per heavy atom. The van der Waals surface area contributed by atoms with Crippen LogP contribution in [0.15, 0.2) is 102 Å². The maximum Gasteiger partial charge on any atom is 0.264 e. The van der Waals surface area contributed by atoms with Gasteiger partial charge in [0.1, 0.15) is 18.4 Å². The van der Waals surface area contributed by atoms with Gasteiger partial charge in [-0.25, -0.2) is 12.8 Å². The second kappa shape index (κ2) is 14.7. The average molecular weight is 657 g/mol. The molecule has 0 aliphatic heterocycles. The molecule has 0 spiro atoms. The Balaban J connectivity index is 1.83. The summed E-state index contributed by atoms with van der Waals surface area (Å²) in [6.07, 6.45) is 0.112. The first-order valence-corrected chi connectivity index (χ1v) is 16.1. The highest BCUT2D eigenvalue weighted by Crippen LogP contribution is 2.30. The van der Waals surface area contributed by atoms with Gasteiger partial charge < -0.3 is 10.2 Å². The van der Waals surface area contributed by atoms with Crippen molar-refractivity contribution < 1.29 is 22.4 Å². The molecule has 0 saturated carbocycles. The highest BCUT2D eigenvalue weighted by Gasteiger charge is 2.35. The lowest BCUT2D eigenvalue weighted by atomic mass is 10.0. The number of sulfonamides is 1. The van der Waals surface area contributed by atoms with Gasteiger partial charge in [0.25, 0.3) is 10.0 Å². The van der Waals surface area contributed by atoms with Gasteiger partial charge in [-0.05, 0) is 55.8 Å². The molecule has 0 saturated heterocycles. The maximum absolute atomic E-state index is 14.9. The van der Waals surface area contributed by atoms with Gasteiger partial charge in [-0.3, -0.25) is 13.9 Å². The van der Waals surface area contributed by atoms with Crippen LogP contribution in [0.1, 0.15) is 23.6 Å². The lowest BCUT2D eigenvalue weighted by Gasteiger charge is -2.34. The van der Waals surface area contributed by atoms with Gasteiger partial charge in [0.2, 0.25) is 11.8 Å². The van der Waals surface area contributed by atoms with Crippen LogP contribution >= 0.6 is 23.2 Å². The Morgan fingerprint density at radius 1 is 0.886 bits per heavy atom. The van der Waals surface area contributed by atoms with E-state index in [-0.39, 0.29) is 39.2 Å². The zero-order valence-electron chi connectivity index (χ0n) is 24.2. The molecular weight excluding hydrogens is 624 g/mol. The molecule has 1 N–H and O–H groups in total. The van der Waals surface area contributed by atoms with Crippen LogP contribution in [0, 0.1) is 12.7 Å². The molecular formula is C33H32Cl2FN3O4S. The highest BCUT2D eigenvalue weighted by atomic mass is 35.5. The van der Waals surface area contributed by atoms with Gasteiger partial charge in [-0.15, -0.1) is 0 Å². The summed E-state index contributed by atoms with van der Waals surface area (Å²) in [6, 6.07) is 24.3. The Hall–Kier alpha value is -3.92. The van der Waals surface area contributed by atoms with Crippen molar-refractivity contribution in [2.45, 2.75) is 37.8 Å². The number of rotatable bonds is 12. The first-order chi connectivity index (χ1) is 21.0. The van der Waals surface area contributed by atoms with Gasteiger partial charge >= 0.3 is 0 Å². The smallest absolute Gasteiger partial charge is 0.264 e. The van der Waals surface area contributed by atoms with E-state index in [4.69, 9.17) is 23.2 Å². The number of likely N-dealkylation sites (N-methyl/N-ethyl adjacent to an activating group) is 1. The van der Waals surface area contributed by atoms with Crippen LogP contribution in [0.3, 0.4) is 0 Å². The summed E-state index contributed by atoms with van der Waals surface area (Å²) in [5.74, 6) is -1.75. The summed E-state index contributed by atoms with van der Waals surface area (Å²) in [4.78, 5) is 29.0. The molecule has 0 aliphatic carbocycles. The van der Waals surface area contributed by atoms with E-state index in [0.717, 1.165) is 15.4 Å². The topological polar surface area (TPSA) is 86.8 Å². The monoisotopic (exact) mass is 655 g/mol. The standard InChI is InChI=1S/C33H32Cl2FN3O4S/c1-3-37-33(41)31(17-24-9-5-4-6-10-24)38(21-25-11-7-8-12-30(25)36)32(40)22-39(28-19-26(34)18-27(35)20-28)44(42,43)29-15-13-23(2)14-16-29/h4-16,18-20,31H,3,17,21-22H2,1-2H3,(H,37,41)/t31-/m0/s1. The largest absolute Gasteiger partial charge is 0.355 e. The molecule has 2 amide bonds. The van der Waals surface area contributed by atoms with Gasteiger partial charge in [0.15, 0.2) is 0 Å². The third kappa shape index (κ3) is 8.16. The lowest BCUT2D eigenvalue weighted by molar-refractivity contribution is -0.140. The number of carbonyl (C=O) groups is 2. The Labute approximate surface area is 267 Å². The third-order valence-electron chi connectivity index (χ3n) is 6.94. The van der Waals surface area contributed by atoms with Crippen LogP contribution in [0.5, 0.6) is 0 Å². The molecule has 0 aliphatic rings. The van der Waals surface area contributed by atoms with Crippen LogP contribution in [-0.4, -0.2) is 44.3 Å². The number of benzene rings is 4. The van der Waals surface area contributed by atoms with Gasteiger partial charge in [0, 0.05) is 35.1 Å². The zero-order chi connectivity index (χ0) is 31.9. The number of carbonyl (C=O) groups excluding carboxylic acids is 2. The molecule has 4 rings (SSSR count). The SMILES string of the molecule is CCNC(=O)[C@H](Cc1ccccc1)N(Cc1ccccc1F)C(=O)CN(c1cc(Cl)cc(Cl)c1)S(=O)(=O)c1ccc(C)cc1. The maximum atomic E-state index is 14.9. The molecule has 0 fully saturated rings. The van der Waals surface area contributed by atoms with E-state index >= 15 is 0 Å². The van der Waals surface area contributed by atoms with Crippen molar-refractivity contribution >= 4 is 50.7 Å².